The van der Waals surface area contributed by atoms with Crippen molar-refractivity contribution in [1.29, 1.82) is 0 Å². The number of hydrogen-bond donors (Lipinski definition) is 0. The normalized spacial score (nSPS) is 51.7. The first-order valence-electron chi connectivity index (χ1n) is 12.5. The number of carbonyl (C=O) groups excluding carboxylic acids is 1. The Morgan fingerprint density at radius 3 is 2.52 bits per heavy atom. The zero-order valence-corrected chi connectivity index (χ0v) is 19.2. The van der Waals surface area contributed by atoms with Gasteiger partial charge in [0, 0.05) is 6.42 Å². The van der Waals surface area contributed by atoms with Crippen molar-refractivity contribution in [2.75, 3.05) is 13.7 Å². The molecule has 5 rings (SSSR count). The van der Waals surface area contributed by atoms with E-state index in [9.17, 15) is 4.79 Å². The monoisotopic (exact) mass is 402 g/mol. The Morgan fingerprint density at radius 1 is 1.03 bits per heavy atom. The van der Waals surface area contributed by atoms with Crippen molar-refractivity contribution in [2.24, 2.45) is 46.3 Å². The van der Waals surface area contributed by atoms with Gasteiger partial charge in [0.25, 0.3) is 0 Å². The minimum absolute atomic E-state index is 0.0405. The van der Waals surface area contributed by atoms with E-state index in [1.165, 1.54) is 64.9 Å². The predicted molar refractivity (Wildman–Crippen MR) is 114 cm³/mol. The Bertz CT molecular complexity index is 654. The maximum atomic E-state index is 11.7. The third kappa shape index (κ3) is 3.12. The molecule has 1 saturated heterocycles. The molecule has 3 nitrogen and oxygen atoms in total. The Balaban J connectivity index is 1.30. The summed E-state index contributed by atoms with van der Waals surface area (Å²) in [6.07, 6.45) is 14.2. The van der Waals surface area contributed by atoms with Crippen LogP contribution in [0, 0.1) is 46.3 Å². The summed E-state index contributed by atoms with van der Waals surface area (Å²) in [5.41, 5.74) is 1.37. The highest BCUT2D eigenvalue weighted by atomic mass is 16.6. The molecule has 0 amide bonds. The fourth-order valence-electron chi connectivity index (χ4n) is 9.30. The Labute approximate surface area is 177 Å². The maximum Gasteiger partial charge on any atom is 0.305 e. The van der Waals surface area contributed by atoms with Gasteiger partial charge >= 0.3 is 5.97 Å². The molecule has 4 aliphatic carbocycles. The molecule has 0 aromatic rings. The topological polar surface area (TPSA) is 38.8 Å². The molecule has 3 heteroatoms. The molecule has 0 aromatic carbocycles. The van der Waals surface area contributed by atoms with E-state index in [2.05, 4.69) is 20.8 Å². The first kappa shape index (κ1) is 20.3. The van der Waals surface area contributed by atoms with Crippen molar-refractivity contribution in [3.8, 4) is 0 Å². The molecule has 4 saturated carbocycles. The van der Waals surface area contributed by atoms with Gasteiger partial charge < -0.3 is 9.47 Å². The molecule has 0 radical (unpaired) electrons. The number of carbonyl (C=O) groups is 1. The van der Waals surface area contributed by atoms with E-state index >= 15 is 0 Å². The second-order valence-electron chi connectivity index (χ2n) is 12.2. The molecule has 0 aromatic heterocycles. The van der Waals surface area contributed by atoms with Crippen molar-refractivity contribution in [3.05, 3.63) is 0 Å². The Kier molecular flexibility index (Phi) is 4.89. The van der Waals surface area contributed by atoms with E-state index in [1.54, 1.807) is 0 Å². The Hall–Kier alpha value is -0.570. The SMILES string of the molecule is COC(=O)CC[C@@H](C)C1CC[C@H]2[C@@H]3CC[C@@H]4C[C@@]5(CCC4(C)C3CCC12C)CO5. The molecule has 5 aliphatic rings. The maximum absolute atomic E-state index is 11.7. The van der Waals surface area contributed by atoms with Gasteiger partial charge in [-0.2, -0.15) is 0 Å². The number of epoxide rings is 1. The molecular weight excluding hydrogens is 360 g/mol. The van der Waals surface area contributed by atoms with Crippen LogP contribution in [-0.4, -0.2) is 25.3 Å². The lowest BCUT2D eigenvalue weighted by molar-refractivity contribution is -0.141. The standard InChI is InChI=1S/C26H42O3/c1-17(5-10-23(27)28-4)20-8-9-21-19-7-6-18-15-26(16-29-26)14-13-24(18,2)22(19)11-12-25(20,21)3/h17-22H,5-16H2,1-4H3/t17-,18-,19+,20?,21+,22?,24?,25?,26+/m1/s1. The molecule has 164 valence electrons. The number of hydrogen-bond acceptors (Lipinski definition) is 3. The molecule has 1 aliphatic heterocycles. The van der Waals surface area contributed by atoms with Crippen LogP contribution < -0.4 is 0 Å². The van der Waals surface area contributed by atoms with Crippen LogP contribution >= 0.6 is 0 Å². The number of esters is 1. The zero-order chi connectivity index (χ0) is 20.4. The van der Waals surface area contributed by atoms with E-state index < -0.39 is 0 Å². The highest BCUT2D eigenvalue weighted by molar-refractivity contribution is 5.69. The zero-order valence-electron chi connectivity index (χ0n) is 19.2. The summed E-state index contributed by atoms with van der Waals surface area (Å²) in [5, 5.41) is 0. The highest BCUT2D eigenvalue weighted by Gasteiger charge is 2.63. The third-order valence-corrected chi connectivity index (χ3v) is 11.1. The molecule has 1 heterocycles. The minimum Gasteiger partial charge on any atom is -0.469 e. The largest absolute Gasteiger partial charge is 0.469 e. The lowest BCUT2D eigenvalue weighted by Gasteiger charge is -2.61. The van der Waals surface area contributed by atoms with Crippen molar-refractivity contribution >= 4 is 5.97 Å². The van der Waals surface area contributed by atoms with E-state index in [4.69, 9.17) is 9.47 Å². The predicted octanol–water partition coefficient (Wildman–Crippen LogP) is 6.00. The van der Waals surface area contributed by atoms with Crippen molar-refractivity contribution in [1.82, 2.24) is 0 Å². The van der Waals surface area contributed by atoms with E-state index in [0.717, 1.165) is 42.6 Å². The number of fused-ring (bicyclic) bond motifs is 5. The average Bonchev–Trinajstić information content (AvgIpc) is 3.37. The van der Waals surface area contributed by atoms with Crippen LogP contribution in [0.15, 0.2) is 0 Å². The summed E-state index contributed by atoms with van der Waals surface area (Å²) in [4.78, 5) is 11.7. The van der Waals surface area contributed by atoms with Crippen LogP contribution in [0.25, 0.3) is 0 Å². The molecule has 0 bridgehead atoms. The summed E-state index contributed by atoms with van der Waals surface area (Å²) in [6.45, 7) is 8.74. The van der Waals surface area contributed by atoms with Crippen LogP contribution in [0.2, 0.25) is 0 Å². The van der Waals surface area contributed by atoms with Gasteiger partial charge in [0.2, 0.25) is 0 Å². The van der Waals surface area contributed by atoms with E-state index in [-0.39, 0.29) is 5.97 Å². The van der Waals surface area contributed by atoms with Crippen molar-refractivity contribution < 1.29 is 14.3 Å². The van der Waals surface area contributed by atoms with Gasteiger partial charge in [-0.3, -0.25) is 4.79 Å². The average molecular weight is 403 g/mol. The minimum atomic E-state index is -0.0405. The summed E-state index contributed by atoms with van der Waals surface area (Å²) < 4.78 is 10.8. The van der Waals surface area contributed by atoms with Gasteiger partial charge in [0.15, 0.2) is 0 Å². The number of rotatable bonds is 4. The summed E-state index contributed by atoms with van der Waals surface area (Å²) in [6, 6.07) is 0. The van der Waals surface area contributed by atoms with Crippen LogP contribution in [0.1, 0.15) is 91.4 Å². The first-order valence-corrected chi connectivity index (χ1v) is 12.5. The van der Waals surface area contributed by atoms with Crippen LogP contribution in [-0.2, 0) is 14.3 Å². The Morgan fingerprint density at radius 2 is 1.79 bits per heavy atom. The quantitative estimate of drug-likeness (QED) is 0.427. The smallest absolute Gasteiger partial charge is 0.305 e. The second kappa shape index (κ2) is 6.97. The summed E-state index contributed by atoms with van der Waals surface area (Å²) in [5.74, 6) is 5.09. The lowest BCUT2D eigenvalue weighted by atomic mass is 9.44. The second-order valence-corrected chi connectivity index (χ2v) is 12.2. The first-order chi connectivity index (χ1) is 13.8. The van der Waals surface area contributed by atoms with Gasteiger partial charge in [0.1, 0.15) is 0 Å². The van der Waals surface area contributed by atoms with Crippen LogP contribution in [0.3, 0.4) is 0 Å². The molecule has 1 spiro atoms. The lowest BCUT2D eigenvalue weighted by Crippen LogP contribution is -2.54. The molecule has 4 unspecified atom stereocenters. The number of ether oxygens (including phenoxy) is 2. The van der Waals surface area contributed by atoms with Gasteiger partial charge in [-0.1, -0.05) is 20.8 Å². The van der Waals surface area contributed by atoms with Gasteiger partial charge in [-0.25, -0.2) is 0 Å². The van der Waals surface area contributed by atoms with Gasteiger partial charge in [-0.05, 0) is 111 Å². The van der Waals surface area contributed by atoms with E-state index in [0.29, 0.717) is 28.8 Å². The highest BCUT2D eigenvalue weighted by Crippen LogP contribution is 2.69. The molecule has 0 N–H and O–H groups in total. The summed E-state index contributed by atoms with van der Waals surface area (Å²) in [7, 11) is 1.51. The number of methoxy groups -OCH3 is 1. The van der Waals surface area contributed by atoms with Gasteiger partial charge in [-0.15, -0.1) is 0 Å². The molecule has 9 atom stereocenters. The molecular formula is C26H42O3. The fraction of sp³-hybridized carbons (Fsp3) is 0.962. The molecule has 5 fully saturated rings. The summed E-state index contributed by atoms with van der Waals surface area (Å²) >= 11 is 0. The van der Waals surface area contributed by atoms with E-state index in [1.807, 2.05) is 0 Å². The van der Waals surface area contributed by atoms with Crippen molar-refractivity contribution in [3.63, 3.8) is 0 Å². The van der Waals surface area contributed by atoms with Crippen molar-refractivity contribution in [2.45, 2.75) is 97.0 Å². The van der Waals surface area contributed by atoms with Gasteiger partial charge in [0.05, 0.1) is 19.3 Å². The van der Waals surface area contributed by atoms with Crippen LogP contribution in [0.5, 0.6) is 0 Å². The van der Waals surface area contributed by atoms with Crippen LogP contribution in [0.4, 0.5) is 0 Å². The third-order valence-electron chi connectivity index (χ3n) is 11.1. The fourth-order valence-corrected chi connectivity index (χ4v) is 9.30. The molecule has 29 heavy (non-hydrogen) atoms.